The number of carboxylic acid groups (broad SMARTS) is 1. The molecule has 0 unspecified atom stereocenters. The molecule has 0 atom stereocenters. The van der Waals surface area contributed by atoms with Gasteiger partial charge < -0.3 is 15.2 Å². The van der Waals surface area contributed by atoms with Crippen LogP contribution in [0, 0.1) is 6.92 Å². The summed E-state index contributed by atoms with van der Waals surface area (Å²) < 4.78 is 5.23. The Kier molecular flexibility index (Phi) is 4.16. The summed E-state index contributed by atoms with van der Waals surface area (Å²) in [5, 5.41) is 11.9. The number of carbonyl (C=O) groups excluding carboxylic acids is 1. The molecule has 5 heteroatoms. The molecular formula is C14H17NO4. The van der Waals surface area contributed by atoms with E-state index in [0.29, 0.717) is 24.3 Å². The molecule has 0 saturated carbocycles. The van der Waals surface area contributed by atoms with Crippen LogP contribution in [0.4, 0.5) is 0 Å². The number of carboxylic acids is 1. The topological polar surface area (TPSA) is 75.6 Å². The zero-order valence-electron chi connectivity index (χ0n) is 10.8. The highest BCUT2D eigenvalue weighted by molar-refractivity contribution is 5.96. The summed E-state index contributed by atoms with van der Waals surface area (Å²) >= 11 is 0. The van der Waals surface area contributed by atoms with E-state index in [4.69, 9.17) is 9.84 Å². The first kappa shape index (κ1) is 13.5. The third-order valence-electron chi connectivity index (χ3n) is 3.28. The van der Waals surface area contributed by atoms with Gasteiger partial charge >= 0.3 is 5.97 Å². The number of hydrogen-bond acceptors (Lipinski definition) is 3. The highest BCUT2D eigenvalue weighted by atomic mass is 16.5. The molecule has 2 rings (SSSR count). The van der Waals surface area contributed by atoms with E-state index >= 15 is 0 Å². The van der Waals surface area contributed by atoms with Crippen molar-refractivity contribution in [1.82, 2.24) is 5.32 Å². The number of ether oxygens (including phenoxy) is 1. The van der Waals surface area contributed by atoms with Gasteiger partial charge in [0.2, 0.25) is 0 Å². The molecule has 1 amide bonds. The van der Waals surface area contributed by atoms with Gasteiger partial charge in [0.1, 0.15) is 0 Å². The van der Waals surface area contributed by atoms with Crippen molar-refractivity contribution < 1.29 is 19.4 Å². The van der Waals surface area contributed by atoms with Gasteiger partial charge in [0.15, 0.2) is 0 Å². The van der Waals surface area contributed by atoms with Gasteiger partial charge in [-0.2, -0.15) is 0 Å². The van der Waals surface area contributed by atoms with Gasteiger partial charge in [0, 0.05) is 24.8 Å². The smallest absolute Gasteiger partial charge is 0.335 e. The second kappa shape index (κ2) is 5.84. The Hall–Kier alpha value is -1.88. The SMILES string of the molecule is Cc1cc(C(=O)NC2CCOCC2)ccc1C(=O)O. The fourth-order valence-corrected chi connectivity index (χ4v) is 2.16. The van der Waals surface area contributed by atoms with Gasteiger partial charge in [-0.3, -0.25) is 4.79 Å². The molecule has 1 aromatic carbocycles. The number of aryl methyl sites for hydroxylation is 1. The quantitative estimate of drug-likeness (QED) is 0.868. The minimum Gasteiger partial charge on any atom is -0.478 e. The third-order valence-corrected chi connectivity index (χ3v) is 3.28. The Bertz CT molecular complexity index is 492. The molecule has 19 heavy (non-hydrogen) atoms. The maximum Gasteiger partial charge on any atom is 0.335 e. The van der Waals surface area contributed by atoms with Crippen molar-refractivity contribution in [2.24, 2.45) is 0 Å². The molecule has 0 aliphatic carbocycles. The molecule has 1 aliphatic heterocycles. The van der Waals surface area contributed by atoms with Crippen LogP contribution in [0.5, 0.6) is 0 Å². The number of amides is 1. The average Bonchev–Trinajstić information content (AvgIpc) is 2.39. The van der Waals surface area contributed by atoms with E-state index in [9.17, 15) is 9.59 Å². The zero-order chi connectivity index (χ0) is 13.8. The summed E-state index contributed by atoms with van der Waals surface area (Å²) in [6, 6.07) is 4.76. The molecule has 1 heterocycles. The molecule has 1 fully saturated rings. The summed E-state index contributed by atoms with van der Waals surface area (Å²) in [7, 11) is 0. The summed E-state index contributed by atoms with van der Waals surface area (Å²) in [5.41, 5.74) is 1.31. The number of benzene rings is 1. The predicted octanol–water partition coefficient (Wildman–Crippen LogP) is 1.60. The van der Waals surface area contributed by atoms with Crippen molar-refractivity contribution in [2.45, 2.75) is 25.8 Å². The van der Waals surface area contributed by atoms with E-state index in [2.05, 4.69) is 5.32 Å². The van der Waals surface area contributed by atoms with Gasteiger partial charge in [-0.25, -0.2) is 4.79 Å². The van der Waals surface area contributed by atoms with Crippen LogP contribution in [-0.4, -0.2) is 36.2 Å². The molecule has 1 aromatic rings. The normalized spacial score (nSPS) is 16.1. The number of nitrogens with one attached hydrogen (secondary N) is 1. The van der Waals surface area contributed by atoms with Crippen molar-refractivity contribution in [3.63, 3.8) is 0 Å². The second-order valence-corrected chi connectivity index (χ2v) is 4.69. The number of aromatic carboxylic acids is 1. The van der Waals surface area contributed by atoms with Gasteiger partial charge in [0.05, 0.1) is 5.56 Å². The van der Waals surface area contributed by atoms with Crippen molar-refractivity contribution in [3.05, 3.63) is 34.9 Å². The van der Waals surface area contributed by atoms with Crippen molar-refractivity contribution in [2.75, 3.05) is 13.2 Å². The first-order valence-corrected chi connectivity index (χ1v) is 6.30. The van der Waals surface area contributed by atoms with Crippen LogP contribution < -0.4 is 5.32 Å². The van der Waals surface area contributed by atoms with Gasteiger partial charge in [-0.1, -0.05) is 0 Å². The maximum absolute atomic E-state index is 12.0. The Balaban J connectivity index is 2.06. The van der Waals surface area contributed by atoms with Crippen molar-refractivity contribution in [1.29, 1.82) is 0 Å². The Morgan fingerprint density at radius 3 is 2.58 bits per heavy atom. The second-order valence-electron chi connectivity index (χ2n) is 4.69. The largest absolute Gasteiger partial charge is 0.478 e. The van der Waals surface area contributed by atoms with Crippen LogP contribution in [0.3, 0.4) is 0 Å². The molecule has 1 saturated heterocycles. The molecule has 0 radical (unpaired) electrons. The fourth-order valence-electron chi connectivity index (χ4n) is 2.16. The molecule has 5 nitrogen and oxygen atoms in total. The van der Waals surface area contributed by atoms with Gasteiger partial charge in [-0.05, 0) is 43.5 Å². The lowest BCUT2D eigenvalue weighted by Crippen LogP contribution is -2.38. The predicted molar refractivity (Wildman–Crippen MR) is 69.4 cm³/mol. The monoisotopic (exact) mass is 263 g/mol. The highest BCUT2D eigenvalue weighted by Gasteiger charge is 2.17. The van der Waals surface area contributed by atoms with E-state index in [-0.39, 0.29) is 17.5 Å². The lowest BCUT2D eigenvalue weighted by molar-refractivity contribution is 0.0684. The molecule has 1 aliphatic rings. The average molecular weight is 263 g/mol. The van der Waals surface area contributed by atoms with E-state index in [1.165, 1.54) is 6.07 Å². The Morgan fingerprint density at radius 1 is 1.32 bits per heavy atom. The minimum atomic E-state index is -0.978. The lowest BCUT2D eigenvalue weighted by Gasteiger charge is -2.23. The molecule has 2 N–H and O–H groups in total. The molecule has 102 valence electrons. The molecule has 0 spiro atoms. The van der Waals surface area contributed by atoms with E-state index in [1.807, 2.05) is 0 Å². The maximum atomic E-state index is 12.0. The zero-order valence-corrected chi connectivity index (χ0v) is 10.8. The number of carbonyl (C=O) groups is 2. The van der Waals surface area contributed by atoms with Crippen LogP contribution in [0.15, 0.2) is 18.2 Å². The highest BCUT2D eigenvalue weighted by Crippen LogP contribution is 2.13. The Morgan fingerprint density at radius 2 is 2.00 bits per heavy atom. The van der Waals surface area contributed by atoms with Gasteiger partial charge in [0.25, 0.3) is 5.91 Å². The van der Waals surface area contributed by atoms with Gasteiger partial charge in [-0.15, -0.1) is 0 Å². The molecular weight excluding hydrogens is 246 g/mol. The molecule has 0 aromatic heterocycles. The van der Waals surface area contributed by atoms with Crippen LogP contribution >= 0.6 is 0 Å². The van der Waals surface area contributed by atoms with Crippen LogP contribution in [0.1, 0.15) is 39.1 Å². The van der Waals surface area contributed by atoms with Crippen LogP contribution in [-0.2, 0) is 4.74 Å². The van der Waals surface area contributed by atoms with Crippen molar-refractivity contribution >= 4 is 11.9 Å². The minimum absolute atomic E-state index is 0.140. The van der Waals surface area contributed by atoms with Crippen LogP contribution in [0.2, 0.25) is 0 Å². The fraction of sp³-hybridized carbons (Fsp3) is 0.429. The Labute approximate surface area is 111 Å². The molecule has 0 bridgehead atoms. The number of rotatable bonds is 3. The summed E-state index contributed by atoms with van der Waals surface area (Å²) in [6.45, 7) is 3.03. The third kappa shape index (κ3) is 3.32. The summed E-state index contributed by atoms with van der Waals surface area (Å²) in [6.07, 6.45) is 1.63. The lowest BCUT2D eigenvalue weighted by atomic mass is 10.0. The van der Waals surface area contributed by atoms with E-state index < -0.39 is 5.97 Å². The standard InChI is InChI=1S/C14H17NO4/c1-9-8-10(2-3-12(9)14(17)18)13(16)15-11-4-6-19-7-5-11/h2-3,8,11H,4-7H2,1H3,(H,15,16)(H,17,18). The first-order chi connectivity index (χ1) is 9.08. The summed E-state index contributed by atoms with van der Waals surface area (Å²) in [4.78, 5) is 23.0. The summed E-state index contributed by atoms with van der Waals surface area (Å²) in [5.74, 6) is -1.14. The van der Waals surface area contributed by atoms with Crippen LogP contribution in [0.25, 0.3) is 0 Å². The van der Waals surface area contributed by atoms with Crippen molar-refractivity contribution in [3.8, 4) is 0 Å². The van der Waals surface area contributed by atoms with E-state index in [0.717, 1.165) is 12.8 Å². The first-order valence-electron chi connectivity index (χ1n) is 6.30. The van der Waals surface area contributed by atoms with E-state index in [1.54, 1.807) is 19.1 Å². The number of hydrogen-bond donors (Lipinski definition) is 2.